The van der Waals surface area contributed by atoms with Crippen LogP contribution in [-0.4, -0.2) is 50.7 Å². The van der Waals surface area contributed by atoms with E-state index in [-0.39, 0.29) is 5.75 Å². The monoisotopic (exact) mass is 283 g/mol. The molecule has 1 aromatic rings. The fourth-order valence-corrected chi connectivity index (χ4v) is 2.05. The summed E-state index contributed by atoms with van der Waals surface area (Å²) in [6.07, 6.45) is 0.226. The number of methoxy groups -OCH3 is 2. The Balaban J connectivity index is 2.80. The maximum Gasteiger partial charge on any atom is 0.123 e. The number of benzene rings is 1. The molecule has 5 nitrogen and oxygen atoms in total. The lowest BCUT2D eigenvalue weighted by Crippen LogP contribution is -2.29. The molecule has 0 aliphatic carbocycles. The summed E-state index contributed by atoms with van der Waals surface area (Å²) < 4.78 is 10.2. The molecule has 5 heteroatoms. The van der Waals surface area contributed by atoms with E-state index in [1.165, 1.54) is 0 Å². The number of anilines is 1. The van der Waals surface area contributed by atoms with Crippen LogP contribution in [0, 0.1) is 0 Å². The lowest BCUT2D eigenvalue weighted by atomic mass is 10.1. The quantitative estimate of drug-likeness (QED) is 0.678. The molecule has 0 radical (unpaired) electrons. The minimum absolute atomic E-state index is 0.117. The zero-order valence-electron chi connectivity index (χ0n) is 12.5. The Morgan fingerprint density at radius 3 is 2.40 bits per heavy atom. The third-order valence-electron chi connectivity index (χ3n) is 3.17. The van der Waals surface area contributed by atoms with Crippen LogP contribution in [0.1, 0.15) is 25.0 Å². The predicted molar refractivity (Wildman–Crippen MR) is 79.3 cm³/mol. The van der Waals surface area contributed by atoms with Crippen molar-refractivity contribution in [2.45, 2.75) is 19.4 Å². The SMILES string of the molecule is COCCCN(CCOC)c1ccc(C(C)O)c(O)c1. The average molecular weight is 283 g/mol. The number of aliphatic hydroxyl groups is 1. The molecule has 0 bridgehead atoms. The zero-order valence-corrected chi connectivity index (χ0v) is 12.5. The number of ether oxygens (including phenoxy) is 2. The molecule has 1 atom stereocenters. The van der Waals surface area contributed by atoms with E-state index < -0.39 is 6.10 Å². The Kier molecular flexibility index (Phi) is 7.36. The second-order valence-electron chi connectivity index (χ2n) is 4.75. The number of nitrogens with zero attached hydrogens (tertiary/aromatic N) is 1. The van der Waals surface area contributed by atoms with Crippen molar-refractivity contribution in [2.24, 2.45) is 0 Å². The van der Waals surface area contributed by atoms with Crippen molar-refractivity contribution in [1.82, 2.24) is 0 Å². The molecular formula is C15H25NO4. The molecule has 0 fully saturated rings. The van der Waals surface area contributed by atoms with Gasteiger partial charge in [0.15, 0.2) is 0 Å². The van der Waals surface area contributed by atoms with E-state index in [1.807, 2.05) is 6.07 Å². The summed E-state index contributed by atoms with van der Waals surface area (Å²) in [5, 5.41) is 19.5. The summed E-state index contributed by atoms with van der Waals surface area (Å²) in [5.41, 5.74) is 1.46. The Hall–Kier alpha value is -1.30. The Bertz CT molecular complexity index is 395. The highest BCUT2D eigenvalue weighted by Crippen LogP contribution is 2.29. The Morgan fingerprint density at radius 2 is 1.85 bits per heavy atom. The van der Waals surface area contributed by atoms with Crippen LogP contribution < -0.4 is 4.90 Å². The molecule has 0 saturated heterocycles. The summed E-state index contributed by atoms with van der Waals surface area (Å²) in [4.78, 5) is 2.13. The van der Waals surface area contributed by atoms with Crippen molar-refractivity contribution >= 4 is 5.69 Å². The Labute approximate surface area is 120 Å². The molecule has 0 heterocycles. The first kappa shape index (κ1) is 16.8. The van der Waals surface area contributed by atoms with Gasteiger partial charge in [-0.05, 0) is 19.4 Å². The minimum atomic E-state index is -0.676. The number of rotatable bonds is 9. The number of aliphatic hydroxyl groups excluding tert-OH is 1. The summed E-state index contributed by atoms with van der Waals surface area (Å²) in [6, 6.07) is 5.35. The highest BCUT2D eigenvalue weighted by atomic mass is 16.5. The summed E-state index contributed by atoms with van der Waals surface area (Å²) >= 11 is 0. The van der Waals surface area contributed by atoms with E-state index >= 15 is 0 Å². The van der Waals surface area contributed by atoms with Crippen LogP contribution in [0.15, 0.2) is 18.2 Å². The summed E-state index contributed by atoms with van der Waals surface area (Å²) in [5.74, 6) is 0.117. The highest BCUT2D eigenvalue weighted by Gasteiger charge is 2.12. The largest absolute Gasteiger partial charge is 0.507 e. The van der Waals surface area contributed by atoms with Gasteiger partial charge in [0.1, 0.15) is 5.75 Å². The van der Waals surface area contributed by atoms with Gasteiger partial charge in [-0.25, -0.2) is 0 Å². The fourth-order valence-electron chi connectivity index (χ4n) is 2.05. The number of hydrogen-bond donors (Lipinski definition) is 2. The number of phenols is 1. The van der Waals surface area contributed by atoms with Gasteiger partial charge in [-0.15, -0.1) is 0 Å². The van der Waals surface area contributed by atoms with Gasteiger partial charge in [-0.3, -0.25) is 0 Å². The topological polar surface area (TPSA) is 62.2 Å². The molecule has 0 aliphatic rings. The number of aromatic hydroxyl groups is 1. The Morgan fingerprint density at radius 1 is 1.15 bits per heavy atom. The van der Waals surface area contributed by atoms with E-state index in [4.69, 9.17) is 9.47 Å². The molecule has 0 saturated carbocycles. The molecule has 0 spiro atoms. The maximum atomic E-state index is 9.97. The van der Waals surface area contributed by atoms with Gasteiger partial charge in [0.25, 0.3) is 0 Å². The number of phenolic OH excluding ortho intramolecular Hbond substituents is 1. The van der Waals surface area contributed by atoms with Crippen LogP contribution in [0.2, 0.25) is 0 Å². The molecule has 1 rings (SSSR count). The van der Waals surface area contributed by atoms with Gasteiger partial charge in [0.2, 0.25) is 0 Å². The normalized spacial score (nSPS) is 12.4. The van der Waals surface area contributed by atoms with E-state index in [2.05, 4.69) is 4.90 Å². The van der Waals surface area contributed by atoms with Gasteiger partial charge in [-0.1, -0.05) is 6.07 Å². The molecule has 1 unspecified atom stereocenters. The minimum Gasteiger partial charge on any atom is -0.507 e. The van der Waals surface area contributed by atoms with Crippen LogP contribution >= 0.6 is 0 Å². The lowest BCUT2D eigenvalue weighted by molar-refractivity contribution is 0.191. The van der Waals surface area contributed by atoms with Gasteiger partial charge < -0.3 is 24.6 Å². The van der Waals surface area contributed by atoms with Crippen molar-refractivity contribution in [3.05, 3.63) is 23.8 Å². The molecule has 20 heavy (non-hydrogen) atoms. The second kappa shape index (κ2) is 8.79. The maximum absolute atomic E-state index is 9.97. The van der Waals surface area contributed by atoms with Crippen LogP contribution in [0.25, 0.3) is 0 Å². The molecule has 2 N–H and O–H groups in total. The van der Waals surface area contributed by atoms with Crippen LogP contribution in [0.5, 0.6) is 5.75 Å². The third kappa shape index (κ3) is 5.00. The molecule has 0 aliphatic heterocycles. The fraction of sp³-hybridized carbons (Fsp3) is 0.600. The van der Waals surface area contributed by atoms with Crippen LogP contribution in [-0.2, 0) is 9.47 Å². The van der Waals surface area contributed by atoms with Gasteiger partial charge >= 0.3 is 0 Å². The van der Waals surface area contributed by atoms with Crippen LogP contribution in [0.4, 0.5) is 5.69 Å². The summed E-state index contributed by atoms with van der Waals surface area (Å²) in [7, 11) is 3.35. The lowest BCUT2D eigenvalue weighted by Gasteiger charge is -2.25. The smallest absolute Gasteiger partial charge is 0.123 e. The third-order valence-corrected chi connectivity index (χ3v) is 3.17. The molecule has 0 aromatic heterocycles. The first-order valence-electron chi connectivity index (χ1n) is 6.84. The molecule has 1 aromatic carbocycles. The average Bonchev–Trinajstić information content (AvgIpc) is 2.42. The standard InChI is InChI=1S/C15H25NO4/c1-12(17)14-6-5-13(11-15(14)18)16(8-10-20-3)7-4-9-19-2/h5-6,11-12,17-18H,4,7-10H2,1-3H3. The van der Waals surface area contributed by atoms with Crippen molar-refractivity contribution in [1.29, 1.82) is 0 Å². The zero-order chi connectivity index (χ0) is 15.0. The summed E-state index contributed by atoms with van der Waals surface area (Å²) in [6.45, 7) is 4.52. The molecular weight excluding hydrogens is 258 g/mol. The van der Waals surface area contributed by atoms with Crippen molar-refractivity contribution in [3.8, 4) is 5.75 Å². The van der Waals surface area contributed by atoms with Gasteiger partial charge in [0.05, 0.1) is 12.7 Å². The van der Waals surface area contributed by atoms with Gasteiger partial charge in [0, 0.05) is 51.2 Å². The predicted octanol–water partition coefficient (Wildman–Crippen LogP) is 1.93. The van der Waals surface area contributed by atoms with E-state index in [1.54, 1.807) is 33.3 Å². The first-order valence-corrected chi connectivity index (χ1v) is 6.84. The van der Waals surface area contributed by atoms with E-state index in [0.29, 0.717) is 18.8 Å². The highest BCUT2D eigenvalue weighted by molar-refractivity contribution is 5.53. The van der Waals surface area contributed by atoms with E-state index in [0.717, 1.165) is 25.2 Å². The van der Waals surface area contributed by atoms with E-state index in [9.17, 15) is 10.2 Å². The van der Waals surface area contributed by atoms with Crippen molar-refractivity contribution < 1.29 is 19.7 Å². The molecule has 114 valence electrons. The van der Waals surface area contributed by atoms with Crippen LogP contribution in [0.3, 0.4) is 0 Å². The number of hydrogen-bond acceptors (Lipinski definition) is 5. The first-order chi connectivity index (χ1) is 9.60. The van der Waals surface area contributed by atoms with Gasteiger partial charge in [-0.2, -0.15) is 0 Å². The second-order valence-corrected chi connectivity index (χ2v) is 4.75. The van der Waals surface area contributed by atoms with Crippen molar-refractivity contribution in [2.75, 3.05) is 45.4 Å². The molecule has 0 amide bonds. The van der Waals surface area contributed by atoms with Crippen molar-refractivity contribution in [3.63, 3.8) is 0 Å².